The number of benzene rings is 2. The maximum atomic E-state index is 13.1. The molecule has 8 heteroatoms. The molecule has 28 heavy (non-hydrogen) atoms. The van der Waals surface area contributed by atoms with Crippen LogP contribution in [0, 0.1) is 0 Å². The molecule has 0 unspecified atom stereocenters. The summed E-state index contributed by atoms with van der Waals surface area (Å²) < 4.78 is 10.6. The van der Waals surface area contributed by atoms with Gasteiger partial charge in [0.1, 0.15) is 11.3 Å². The zero-order valence-electron chi connectivity index (χ0n) is 15.3. The second-order valence-electron chi connectivity index (χ2n) is 5.79. The summed E-state index contributed by atoms with van der Waals surface area (Å²) in [6.07, 6.45) is 1.42. The Hall–Kier alpha value is -3.39. The van der Waals surface area contributed by atoms with Crippen molar-refractivity contribution in [2.75, 3.05) is 18.6 Å². The molecule has 2 aromatic rings. The van der Waals surface area contributed by atoms with Gasteiger partial charge in [-0.25, -0.2) is 4.90 Å². The van der Waals surface area contributed by atoms with E-state index in [9.17, 15) is 14.7 Å². The monoisotopic (exact) mass is 398 g/mol. The fourth-order valence-corrected chi connectivity index (χ4v) is 3.02. The number of ether oxygens (including phenoxy) is 2. The number of nitrogens with one attached hydrogen (secondary N) is 1. The van der Waals surface area contributed by atoms with Crippen LogP contribution in [0.2, 0.25) is 0 Å². The Kier molecular flexibility index (Phi) is 5.60. The molecule has 3 rings (SSSR count). The van der Waals surface area contributed by atoms with E-state index in [0.29, 0.717) is 23.6 Å². The van der Waals surface area contributed by atoms with E-state index < -0.39 is 11.8 Å². The number of nitrogens with zero attached hydrogens (tertiary/aromatic N) is 1. The van der Waals surface area contributed by atoms with E-state index in [1.54, 1.807) is 43.3 Å². The highest BCUT2D eigenvalue weighted by atomic mass is 32.1. The molecule has 0 aliphatic carbocycles. The first-order valence-electron chi connectivity index (χ1n) is 8.46. The molecule has 7 nitrogen and oxygen atoms in total. The normalized spacial score (nSPS) is 15.6. The average molecular weight is 398 g/mol. The Morgan fingerprint density at radius 2 is 1.93 bits per heavy atom. The van der Waals surface area contributed by atoms with Crippen LogP contribution >= 0.6 is 12.2 Å². The smallest absolute Gasteiger partial charge is 0.270 e. The summed E-state index contributed by atoms with van der Waals surface area (Å²) >= 11 is 5.20. The van der Waals surface area contributed by atoms with Gasteiger partial charge < -0.3 is 14.6 Å². The lowest BCUT2D eigenvalue weighted by molar-refractivity contribution is -0.122. The number of hydrogen-bond acceptors (Lipinski definition) is 6. The Morgan fingerprint density at radius 3 is 2.64 bits per heavy atom. The van der Waals surface area contributed by atoms with Gasteiger partial charge >= 0.3 is 0 Å². The molecule has 0 atom stereocenters. The Labute approximate surface area is 167 Å². The maximum Gasteiger partial charge on any atom is 0.270 e. The highest BCUT2D eigenvalue weighted by Crippen LogP contribution is 2.32. The summed E-state index contributed by atoms with van der Waals surface area (Å²) in [6.45, 7) is 2.15. The largest absolute Gasteiger partial charge is 0.504 e. The molecule has 2 aromatic carbocycles. The van der Waals surface area contributed by atoms with Crippen LogP contribution in [0.5, 0.6) is 17.2 Å². The number of carbonyl (C=O) groups excluding carboxylic acids is 2. The van der Waals surface area contributed by atoms with Crippen molar-refractivity contribution in [3.63, 3.8) is 0 Å². The number of carbonyl (C=O) groups is 2. The zero-order chi connectivity index (χ0) is 20.3. The topological polar surface area (TPSA) is 88.1 Å². The molecule has 2 amide bonds. The molecular weight excluding hydrogens is 380 g/mol. The lowest BCUT2D eigenvalue weighted by Crippen LogP contribution is -2.54. The molecule has 1 aliphatic rings. The van der Waals surface area contributed by atoms with Gasteiger partial charge in [-0.1, -0.05) is 18.2 Å². The number of phenols is 1. The van der Waals surface area contributed by atoms with Crippen LogP contribution in [0.25, 0.3) is 6.08 Å². The van der Waals surface area contributed by atoms with Gasteiger partial charge in [0.2, 0.25) is 0 Å². The lowest BCUT2D eigenvalue weighted by atomic mass is 10.1. The number of hydrogen-bond donors (Lipinski definition) is 2. The van der Waals surface area contributed by atoms with E-state index in [1.165, 1.54) is 24.2 Å². The molecule has 1 saturated heterocycles. The number of anilines is 1. The number of thiocarbonyl (C=S) groups is 1. The van der Waals surface area contributed by atoms with Gasteiger partial charge in [0.15, 0.2) is 16.6 Å². The van der Waals surface area contributed by atoms with Crippen molar-refractivity contribution in [2.24, 2.45) is 0 Å². The standard InChI is InChI=1S/C20H18N2O5S/c1-3-27-17-11-12(8-9-15(17)23)10-13-18(24)21-20(28)22(19(13)25)14-6-4-5-7-16(14)26-2/h4-11,23H,3H2,1-2H3,(H,21,24,28). The first kappa shape index (κ1) is 19.4. The summed E-state index contributed by atoms with van der Waals surface area (Å²) in [4.78, 5) is 26.7. The third kappa shape index (κ3) is 3.67. The van der Waals surface area contributed by atoms with E-state index in [-0.39, 0.29) is 22.2 Å². The van der Waals surface area contributed by atoms with E-state index in [4.69, 9.17) is 21.7 Å². The minimum atomic E-state index is -0.604. The molecule has 0 radical (unpaired) electrons. The van der Waals surface area contributed by atoms with E-state index in [2.05, 4.69) is 5.32 Å². The van der Waals surface area contributed by atoms with Gasteiger partial charge in [-0.15, -0.1) is 0 Å². The van der Waals surface area contributed by atoms with Crippen LogP contribution in [-0.4, -0.2) is 35.8 Å². The van der Waals surface area contributed by atoms with Crippen molar-refractivity contribution in [1.29, 1.82) is 0 Å². The van der Waals surface area contributed by atoms with E-state index >= 15 is 0 Å². The SMILES string of the molecule is CCOc1cc(C=C2C(=O)NC(=S)N(c3ccccc3OC)C2=O)ccc1O. The molecule has 0 saturated carbocycles. The minimum Gasteiger partial charge on any atom is -0.504 e. The van der Waals surface area contributed by atoms with Gasteiger partial charge in [0, 0.05) is 0 Å². The molecule has 1 aliphatic heterocycles. The fraction of sp³-hybridized carbons (Fsp3) is 0.150. The van der Waals surface area contributed by atoms with Crippen LogP contribution in [0.4, 0.5) is 5.69 Å². The first-order valence-corrected chi connectivity index (χ1v) is 8.87. The lowest BCUT2D eigenvalue weighted by Gasteiger charge is -2.29. The zero-order valence-corrected chi connectivity index (χ0v) is 16.1. The Balaban J connectivity index is 2.03. The highest BCUT2D eigenvalue weighted by Gasteiger charge is 2.35. The predicted molar refractivity (Wildman–Crippen MR) is 108 cm³/mol. The van der Waals surface area contributed by atoms with Gasteiger partial charge in [-0.05, 0) is 55.0 Å². The van der Waals surface area contributed by atoms with Crippen molar-refractivity contribution >= 4 is 40.9 Å². The molecule has 0 aromatic heterocycles. The third-order valence-corrected chi connectivity index (χ3v) is 4.31. The summed E-state index contributed by atoms with van der Waals surface area (Å²) in [5.74, 6) is -0.508. The quantitative estimate of drug-likeness (QED) is 0.457. The second kappa shape index (κ2) is 8.10. The Bertz CT molecular complexity index is 986. The van der Waals surface area contributed by atoms with Crippen LogP contribution in [-0.2, 0) is 9.59 Å². The molecule has 0 spiro atoms. The number of amides is 2. The van der Waals surface area contributed by atoms with Gasteiger partial charge in [-0.2, -0.15) is 0 Å². The van der Waals surface area contributed by atoms with Crippen molar-refractivity contribution in [3.8, 4) is 17.2 Å². The average Bonchev–Trinajstić information content (AvgIpc) is 2.68. The number of aromatic hydroxyl groups is 1. The summed E-state index contributed by atoms with van der Waals surface area (Å²) in [6, 6.07) is 11.4. The van der Waals surface area contributed by atoms with Crippen molar-refractivity contribution in [1.82, 2.24) is 5.32 Å². The van der Waals surface area contributed by atoms with Crippen LogP contribution in [0.1, 0.15) is 12.5 Å². The van der Waals surface area contributed by atoms with Crippen molar-refractivity contribution in [2.45, 2.75) is 6.92 Å². The van der Waals surface area contributed by atoms with Gasteiger partial charge in [0.25, 0.3) is 11.8 Å². The summed E-state index contributed by atoms with van der Waals surface area (Å²) in [7, 11) is 1.48. The Morgan fingerprint density at radius 1 is 1.18 bits per heavy atom. The van der Waals surface area contributed by atoms with E-state index in [1.807, 2.05) is 0 Å². The maximum absolute atomic E-state index is 13.1. The highest BCUT2D eigenvalue weighted by molar-refractivity contribution is 7.80. The van der Waals surface area contributed by atoms with Gasteiger partial charge in [-0.3, -0.25) is 14.9 Å². The van der Waals surface area contributed by atoms with Crippen molar-refractivity contribution in [3.05, 3.63) is 53.6 Å². The van der Waals surface area contributed by atoms with Gasteiger partial charge in [0.05, 0.1) is 19.4 Å². The molecule has 0 bridgehead atoms. The summed E-state index contributed by atoms with van der Waals surface area (Å²) in [5, 5.41) is 12.3. The van der Waals surface area contributed by atoms with Crippen LogP contribution < -0.4 is 19.7 Å². The molecule has 1 heterocycles. The minimum absolute atomic E-state index is 0.0275. The molecule has 1 fully saturated rings. The first-order chi connectivity index (χ1) is 13.5. The summed E-state index contributed by atoms with van der Waals surface area (Å²) in [5.41, 5.74) is 0.840. The molecule has 144 valence electrons. The number of para-hydroxylation sites is 2. The van der Waals surface area contributed by atoms with Crippen LogP contribution in [0.15, 0.2) is 48.0 Å². The third-order valence-electron chi connectivity index (χ3n) is 4.02. The fourth-order valence-electron chi connectivity index (χ4n) is 2.75. The number of phenolic OH excluding ortho intramolecular Hbond substituents is 1. The van der Waals surface area contributed by atoms with E-state index in [0.717, 1.165) is 0 Å². The predicted octanol–water partition coefficient (Wildman–Crippen LogP) is 2.63. The second-order valence-corrected chi connectivity index (χ2v) is 6.18. The van der Waals surface area contributed by atoms with Crippen molar-refractivity contribution < 1.29 is 24.2 Å². The number of methoxy groups -OCH3 is 1. The molecule has 2 N–H and O–H groups in total. The molecular formula is C20H18N2O5S. The van der Waals surface area contributed by atoms with Crippen LogP contribution in [0.3, 0.4) is 0 Å². The number of rotatable bonds is 5.